The first-order valence-corrected chi connectivity index (χ1v) is 22.5. The smallest absolute Gasteiger partial charge is 0.446 e. The number of ether oxygens (including phenoxy) is 1. The van der Waals surface area contributed by atoms with Crippen LogP contribution in [0.15, 0.2) is 182 Å². The quantitative estimate of drug-likeness (QED) is 0.118. The molecule has 2 N–H and O–H groups in total. The summed E-state index contributed by atoms with van der Waals surface area (Å²) in [6.45, 7) is 2.11. The Balaban J connectivity index is 1.35. The summed E-state index contributed by atoms with van der Waals surface area (Å²) < 4.78 is 45.0. The van der Waals surface area contributed by atoms with Crippen LogP contribution < -0.4 is 37.3 Å². The van der Waals surface area contributed by atoms with Crippen molar-refractivity contribution >= 4 is 23.5 Å². The van der Waals surface area contributed by atoms with Gasteiger partial charge in [0.05, 0.1) is 4.86 Å². The number of para-hydroxylation sites is 6. The molecule has 2 aliphatic heterocycles. The summed E-state index contributed by atoms with van der Waals surface area (Å²) in [5, 5.41) is 3.89. The van der Waals surface area contributed by atoms with Gasteiger partial charge in [0.15, 0.2) is 28.7 Å². The molecule has 0 radical (unpaired) electrons. The number of rotatable bonds is 12. The fraction of sp³-hybridized carbons (Fsp3) is 0.122. The minimum Gasteiger partial charge on any atom is -0.446 e. The summed E-state index contributed by atoms with van der Waals surface area (Å²) in [5.41, 5.74) is 0. The predicted octanol–water partition coefficient (Wildman–Crippen LogP) is 10.9. The van der Waals surface area contributed by atoms with Crippen LogP contribution in [0, 0.1) is 0 Å². The number of nitrogens with zero attached hydrogens (tertiary/aromatic N) is 1. The maximum Gasteiger partial charge on any atom is 0.562 e. The average molecular weight is 765 g/mol. The van der Waals surface area contributed by atoms with Crippen molar-refractivity contribution in [2.45, 2.75) is 24.3 Å². The first-order valence-electron chi connectivity index (χ1n) is 17.4. The number of fused-ring (bicyclic) bond motifs is 1. The number of hydrogen-bond donors (Lipinski definition) is 2. The fourth-order valence-electron chi connectivity index (χ4n) is 6.22. The Bertz CT molecular complexity index is 1980. The lowest BCUT2D eigenvalue weighted by Crippen LogP contribution is -2.48. The minimum atomic E-state index is -3.53. The van der Waals surface area contributed by atoms with E-state index in [4.69, 9.17) is 27.4 Å². The Morgan fingerprint density at radius 1 is 0.453 bits per heavy atom. The van der Waals surface area contributed by atoms with Crippen molar-refractivity contribution in [3.05, 3.63) is 182 Å². The number of benzene rings is 6. The predicted molar refractivity (Wildman–Crippen MR) is 214 cm³/mol. The maximum absolute atomic E-state index is 7.24. The van der Waals surface area contributed by atoms with E-state index in [9.17, 15) is 0 Å². The molecule has 6 aromatic carbocycles. The molecule has 2 saturated heterocycles. The van der Waals surface area contributed by atoms with E-state index in [1.54, 1.807) is 0 Å². The standard InChI is InChI=1S/C41H41N3O6P3/c1-33-44(2)51(46-35-23-11-4-12-24-35)40(41(51)45-34-21-9-3-10-22-34)42-53(49-38-29-17-7-18-30-38,50-39-31-19-8-20-32-39)43-52(33,47-36-25-13-5-14-26-36)48-37-27-15-6-16-28-37/h3-33,40-43H,1-2H3/q+3/t33-,40?,41+,51?/m0/s1. The summed E-state index contributed by atoms with van der Waals surface area (Å²) in [4.78, 5) is 3.87. The van der Waals surface area contributed by atoms with Crippen molar-refractivity contribution in [1.82, 2.24) is 14.6 Å². The van der Waals surface area contributed by atoms with Crippen LogP contribution in [-0.2, 0) is 0 Å². The molecular weight excluding hydrogens is 723 g/mol. The van der Waals surface area contributed by atoms with Gasteiger partial charge in [-0.25, -0.2) is 0 Å². The highest BCUT2D eigenvalue weighted by Crippen LogP contribution is 2.90. The summed E-state index contributed by atoms with van der Waals surface area (Å²) in [6, 6.07) is 58.5. The zero-order valence-electron chi connectivity index (χ0n) is 29.3. The first kappa shape index (κ1) is 35.3. The lowest BCUT2D eigenvalue weighted by atomic mass is 10.3. The molecule has 2 heterocycles. The Morgan fingerprint density at radius 2 is 0.792 bits per heavy atom. The monoisotopic (exact) mass is 764 g/mol. The van der Waals surface area contributed by atoms with E-state index in [-0.39, 0.29) is 5.78 Å². The van der Waals surface area contributed by atoms with Crippen molar-refractivity contribution in [2.75, 3.05) is 7.05 Å². The molecule has 0 bridgehead atoms. The van der Waals surface area contributed by atoms with E-state index in [1.807, 2.05) is 182 Å². The highest BCUT2D eigenvalue weighted by Gasteiger charge is 2.93. The molecule has 4 atom stereocenters. The highest BCUT2D eigenvalue weighted by molar-refractivity contribution is 7.84. The topological polar surface area (TPSA) is 82.7 Å². The number of nitrogens with one attached hydrogen (secondary N) is 2. The van der Waals surface area contributed by atoms with Crippen molar-refractivity contribution in [3.8, 4) is 34.5 Å². The molecule has 0 aliphatic carbocycles. The lowest BCUT2D eigenvalue weighted by molar-refractivity contribution is 0.299. The third-order valence-electron chi connectivity index (χ3n) is 8.96. The van der Waals surface area contributed by atoms with Crippen LogP contribution in [0.1, 0.15) is 6.92 Å². The molecule has 268 valence electrons. The van der Waals surface area contributed by atoms with Gasteiger partial charge in [0.2, 0.25) is 5.78 Å². The Kier molecular flexibility index (Phi) is 10.2. The van der Waals surface area contributed by atoms with Crippen LogP contribution in [-0.4, -0.2) is 29.1 Å². The van der Waals surface area contributed by atoms with E-state index < -0.39 is 35.2 Å². The van der Waals surface area contributed by atoms with Crippen LogP contribution in [0.2, 0.25) is 0 Å². The van der Waals surface area contributed by atoms with Crippen molar-refractivity contribution in [1.29, 1.82) is 0 Å². The normalized spacial score (nSPS) is 22.9. The third-order valence-corrected chi connectivity index (χ3v) is 19.2. The molecule has 2 unspecified atom stereocenters. The summed E-state index contributed by atoms with van der Waals surface area (Å²) in [7, 11) is -7.66. The van der Waals surface area contributed by atoms with E-state index in [1.165, 1.54) is 0 Å². The van der Waals surface area contributed by atoms with Gasteiger partial charge in [-0.15, -0.1) is 0 Å². The Morgan fingerprint density at radius 3 is 1.19 bits per heavy atom. The summed E-state index contributed by atoms with van der Waals surface area (Å²) in [6.07, 6.45) is 0. The van der Waals surface area contributed by atoms with Gasteiger partial charge in [0, 0.05) is 7.05 Å². The van der Waals surface area contributed by atoms with E-state index in [0.717, 1.165) is 11.5 Å². The molecule has 0 saturated carbocycles. The fourth-order valence-corrected chi connectivity index (χ4v) is 17.9. The molecule has 9 nitrogen and oxygen atoms in total. The molecule has 12 heteroatoms. The molecule has 2 fully saturated rings. The molecular formula is C41H41N3O6P3+3. The van der Waals surface area contributed by atoms with Gasteiger partial charge in [-0.3, -0.25) is 18.1 Å². The summed E-state index contributed by atoms with van der Waals surface area (Å²) >= 11 is 0. The van der Waals surface area contributed by atoms with Crippen LogP contribution in [0.3, 0.4) is 0 Å². The maximum atomic E-state index is 7.24. The van der Waals surface area contributed by atoms with Gasteiger partial charge in [-0.1, -0.05) is 119 Å². The summed E-state index contributed by atoms with van der Waals surface area (Å²) in [5.74, 6) is 2.70. The Hall–Kier alpha value is -4.71. The molecule has 53 heavy (non-hydrogen) atoms. The second-order valence-electron chi connectivity index (χ2n) is 12.5. The van der Waals surface area contributed by atoms with Crippen LogP contribution >= 0.6 is 23.5 Å². The van der Waals surface area contributed by atoms with Gasteiger partial charge >= 0.3 is 29.4 Å². The largest absolute Gasteiger partial charge is 0.562 e. The van der Waals surface area contributed by atoms with Gasteiger partial charge < -0.3 is 9.26 Å². The first-order chi connectivity index (χ1) is 26.0. The Labute approximate surface area is 312 Å². The van der Waals surface area contributed by atoms with Gasteiger partial charge in [-0.2, -0.15) is 0 Å². The molecule has 0 aromatic heterocycles. The van der Waals surface area contributed by atoms with E-state index in [2.05, 4.69) is 28.6 Å². The second-order valence-corrected chi connectivity index (χ2v) is 20.6. The van der Waals surface area contributed by atoms with Crippen molar-refractivity contribution in [2.24, 2.45) is 0 Å². The molecule has 8 rings (SSSR count). The molecule has 6 aromatic rings. The van der Waals surface area contributed by atoms with Gasteiger partial charge in [-0.05, 0) is 79.7 Å². The van der Waals surface area contributed by atoms with Crippen molar-refractivity contribution < 1.29 is 27.4 Å². The zero-order valence-corrected chi connectivity index (χ0v) is 32.0. The minimum absolute atomic E-state index is 0.362. The SMILES string of the molecule is C[C@H]1N(C)[P+]2(Oc3ccccc3)C(N[P+](Oc3ccccc3)(Oc3ccccc3)N[P+]1(Oc1ccccc1)Oc1ccccc1)[C@@H]2Oc1ccccc1. The van der Waals surface area contributed by atoms with Crippen LogP contribution in [0.5, 0.6) is 34.5 Å². The lowest BCUT2D eigenvalue weighted by Gasteiger charge is -2.35. The zero-order chi connectivity index (χ0) is 36.1. The van der Waals surface area contributed by atoms with Crippen LogP contribution in [0.4, 0.5) is 0 Å². The molecule has 0 amide bonds. The van der Waals surface area contributed by atoms with Gasteiger partial charge in [0.25, 0.3) is 5.78 Å². The highest BCUT2D eigenvalue weighted by atomic mass is 31.3. The second kappa shape index (κ2) is 15.3. The van der Waals surface area contributed by atoms with Gasteiger partial charge in [0.1, 0.15) is 5.75 Å². The number of hydrogen-bond acceptors (Lipinski definition) is 9. The molecule has 0 spiro atoms. The van der Waals surface area contributed by atoms with E-state index in [0.29, 0.717) is 23.0 Å². The molecule has 2 aliphatic rings. The third kappa shape index (κ3) is 7.56. The average Bonchev–Trinajstić information content (AvgIpc) is 3.78. The van der Waals surface area contributed by atoms with Crippen molar-refractivity contribution in [3.63, 3.8) is 0 Å². The van der Waals surface area contributed by atoms with Crippen LogP contribution in [0.25, 0.3) is 0 Å². The van der Waals surface area contributed by atoms with E-state index >= 15 is 0 Å².